The summed E-state index contributed by atoms with van der Waals surface area (Å²) in [7, 11) is 0. The predicted molar refractivity (Wildman–Crippen MR) is 115 cm³/mol. The van der Waals surface area contributed by atoms with Crippen molar-refractivity contribution in [2.24, 2.45) is 0 Å². The van der Waals surface area contributed by atoms with Crippen molar-refractivity contribution in [1.29, 1.82) is 0 Å². The Morgan fingerprint density at radius 2 is 1.90 bits per heavy atom. The smallest absolute Gasteiger partial charge is 0.222 e. The number of nitrogens with zero attached hydrogens (tertiary/aromatic N) is 7. The molecule has 2 aliphatic rings. The minimum atomic E-state index is -0.506. The number of piperidine rings is 1. The molecule has 0 bridgehead atoms. The third kappa shape index (κ3) is 3.95. The third-order valence-corrected chi connectivity index (χ3v) is 6.18. The Balaban J connectivity index is 1.41. The number of halogens is 1. The Morgan fingerprint density at radius 3 is 2.58 bits per heavy atom. The first kappa shape index (κ1) is 19.8. The van der Waals surface area contributed by atoms with Crippen LogP contribution in [0.2, 0.25) is 0 Å². The van der Waals surface area contributed by atoms with E-state index in [0.29, 0.717) is 23.3 Å². The Bertz CT molecular complexity index is 1050. The molecule has 1 saturated heterocycles. The number of nitrogens with two attached hydrogens (primary N) is 1. The van der Waals surface area contributed by atoms with Gasteiger partial charge < -0.3 is 11.1 Å². The number of rotatable bonds is 5. The Kier molecular flexibility index (Phi) is 5.01. The molecular weight excluding hydrogens is 397 g/mol. The Labute approximate surface area is 179 Å². The molecule has 1 aliphatic heterocycles. The highest BCUT2D eigenvalue weighted by Gasteiger charge is 2.40. The van der Waals surface area contributed by atoms with E-state index in [2.05, 4.69) is 49.6 Å². The minimum absolute atomic E-state index is 0.0308. The van der Waals surface area contributed by atoms with Crippen molar-refractivity contribution >= 4 is 11.8 Å². The molecule has 5 rings (SSSR count). The second kappa shape index (κ2) is 7.84. The lowest BCUT2D eigenvalue weighted by atomic mass is 9.92. The zero-order chi connectivity index (χ0) is 21.5. The standard InChI is InChI=1S/C21H26FN9/c1-12-8-15(9-13(2)31(12)16-6-7-16)25-20-18(22)19(26-21(23)27-20)14-4-3-5-17(10-14)30-11-24-28-29-30/h3-5,10-13,15-16H,6-9H2,1-2H3,(H3,23,25,26,27). The van der Waals surface area contributed by atoms with Gasteiger partial charge in [-0.15, -0.1) is 5.10 Å². The lowest BCUT2D eigenvalue weighted by Gasteiger charge is -2.43. The summed E-state index contributed by atoms with van der Waals surface area (Å²) in [5, 5.41) is 14.5. The highest BCUT2D eigenvalue weighted by atomic mass is 19.1. The van der Waals surface area contributed by atoms with Gasteiger partial charge in [-0.05, 0) is 62.1 Å². The second-order valence-corrected chi connectivity index (χ2v) is 8.59. The molecule has 3 heterocycles. The van der Waals surface area contributed by atoms with Gasteiger partial charge in [0.05, 0.1) is 5.69 Å². The molecule has 2 unspecified atom stereocenters. The maximum Gasteiger partial charge on any atom is 0.222 e. The van der Waals surface area contributed by atoms with E-state index in [1.807, 2.05) is 6.07 Å². The first-order chi connectivity index (χ1) is 15.0. The summed E-state index contributed by atoms with van der Waals surface area (Å²) in [4.78, 5) is 11.0. The topological polar surface area (TPSA) is 111 Å². The normalized spacial score (nSPS) is 24.3. The number of hydrogen-bond acceptors (Lipinski definition) is 8. The number of hydrogen-bond donors (Lipinski definition) is 2. The van der Waals surface area contributed by atoms with Gasteiger partial charge in [0.25, 0.3) is 0 Å². The van der Waals surface area contributed by atoms with E-state index in [0.717, 1.165) is 18.9 Å². The maximum atomic E-state index is 15.5. The number of benzene rings is 1. The van der Waals surface area contributed by atoms with Crippen LogP contribution in [0, 0.1) is 5.82 Å². The van der Waals surface area contributed by atoms with Crippen LogP contribution in [0.15, 0.2) is 30.6 Å². The van der Waals surface area contributed by atoms with Crippen LogP contribution < -0.4 is 11.1 Å². The monoisotopic (exact) mass is 423 g/mol. The zero-order valence-electron chi connectivity index (χ0n) is 17.6. The second-order valence-electron chi connectivity index (χ2n) is 8.59. The number of aromatic nitrogens is 6. The summed E-state index contributed by atoms with van der Waals surface area (Å²) in [6.45, 7) is 4.51. The number of anilines is 2. The van der Waals surface area contributed by atoms with Crippen LogP contribution >= 0.6 is 0 Å². The van der Waals surface area contributed by atoms with Crippen LogP contribution in [-0.4, -0.2) is 59.2 Å². The molecule has 3 aromatic rings. The zero-order valence-corrected chi connectivity index (χ0v) is 17.6. The van der Waals surface area contributed by atoms with Crippen LogP contribution in [-0.2, 0) is 0 Å². The summed E-state index contributed by atoms with van der Waals surface area (Å²) >= 11 is 0. The highest BCUT2D eigenvalue weighted by Crippen LogP contribution is 2.37. The summed E-state index contributed by atoms with van der Waals surface area (Å²) in [6.07, 6.45) is 5.93. The Hall–Kier alpha value is -3.14. The molecule has 9 nitrogen and oxygen atoms in total. The van der Waals surface area contributed by atoms with E-state index in [9.17, 15) is 0 Å². The van der Waals surface area contributed by atoms with Crippen LogP contribution in [0.3, 0.4) is 0 Å². The molecule has 3 N–H and O–H groups in total. The van der Waals surface area contributed by atoms with Gasteiger partial charge in [0.15, 0.2) is 11.6 Å². The van der Waals surface area contributed by atoms with Crippen molar-refractivity contribution in [1.82, 2.24) is 35.1 Å². The lowest BCUT2D eigenvalue weighted by Crippen LogP contribution is -2.51. The van der Waals surface area contributed by atoms with E-state index in [-0.39, 0.29) is 23.5 Å². The minimum Gasteiger partial charge on any atom is -0.368 e. The summed E-state index contributed by atoms with van der Waals surface area (Å²) in [6, 6.07) is 8.92. The molecule has 0 radical (unpaired) electrons. The van der Waals surface area contributed by atoms with E-state index in [1.165, 1.54) is 23.9 Å². The van der Waals surface area contributed by atoms with Crippen molar-refractivity contribution < 1.29 is 4.39 Å². The van der Waals surface area contributed by atoms with Crippen LogP contribution in [0.5, 0.6) is 0 Å². The van der Waals surface area contributed by atoms with E-state index < -0.39 is 5.82 Å². The quantitative estimate of drug-likeness (QED) is 0.644. The molecule has 0 spiro atoms. The molecule has 31 heavy (non-hydrogen) atoms. The first-order valence-corrected chi connectivity index (χ1v) is 10.7. The van der Waals surface area contributed by atoms with Crippen LogP contribution in [0.4, 0.5) is 16.2 Å². The number of nitrogen functional groups attached to an aromatic ring is 1. The van der Waals surface area contributed by atoms with E-state index in [4.69, 9.17) is 5.73 Å². The summed E-state index contributed by atoms with van der Waals surface area (Å²) in [5.74, 6) is -0.323. The van der Waals surface area contributed by atoms with Crippen molar-refractivity contribution in [3.63, 3.8) is 0 Å². The number of tetrazole rings is 1. The van der Waals surface area contributed by atoms with Gasteiger partial charge in [0.2, 0.25) is 5.95 Å². The fourth-order valence-electron chi connectivity index (χ4n) is 4.83. The van der Waals surface area contributed by atoms with Crippen molar-refractivity contribution in [3.8, 4) is 16.9 Å². The average molecular weight is 424 g/mol. The fourth-order valence-corrected chi connectivity index (χ4v) is 4.83. The summed E-state index contributed by atoms with van der Waals surface area (Å²) in [5.41, 5.74) is 7.38. The molecular formula is C21H26FN9. The number of nitrogens with one attached hydrogen (secondary N) is 1. The van der Waals surface area contributed by atoms with Crippen molar-refractivity contribution in [2.45, 2.75) is 63.7 Å². The first-order valence-electron chi connectivity index (χ1n) is 10.7. The van der Waals surface area contributed by atoms with Gasteiger partial charge in [-0.25, -0.2) is 14.1 Å². The molecule has 2 atom stereocenters. The lowest BCUT2D eigenvalue weighted by molar-refractivity contribution is 0.0877. The fraction of sp³-hybridized carbons (Fsp3) is 0.476. The molecule has 1 saturated carbocycles. The van der Waals surface area contributed by atoms with Gasteiger partial charge in [-0.3, -0.25) is 4.90 Å². The molecule has 1 aromatic carbocycles. The van der Waals surface area contributed by atoms with Gasteiger partial charge in [0, 0.05) is 29.7 Å². The SMILES string of the molecule is CC1CC(Nc2nc(N)nc(-c3cccc(-n4cnnn4)c3)c2F)CC(C)N1C1CC1. The van der Waals surface area contributed by atoms with Crippen molar-refractivity contribution in [3.05, 3.63) is 36.4 Å². The predicted octanol–water partition coefficient (Wildman–Crippen LogP) is 2.66. The van der Waals surface area contributed by atoms with Gasteiger partial charge in [-0.2, -0.15) is 4.98 Å². The average Bonchev–Trinajstić information content (AvgIpc) is 3.41. The largest absolute Gasteiger partial charge is 0.368 e. The van der Waals surface area contributed by atoms with E-state index in [1.54, 1.807) is 18.2 Å². The van der Waals surface area contributed by atoms with Crippen molar-refractivity contribution in [2.75, 3.05) is 11.1 Å². The highest BCUT2D eigenvalue weighted by molar-refractivity contribution is 5.67. The maximum absolute atomic E-state index is 15.5. The van der Waals surface area contributed by atoms with Gasteiger partial charge in [0.1, 0.15) is 12.0 Å². The Morgan fingerprint density at radius 1 is 1.13 bits per heavy atom. The van der Waals surface area contributed by atoms with E-state index >= 15 is 4.39 Å². The molecule has 1 aliphatic carbocycles. The molecule has 0 amide bonds. The van der Waals surface area contributed by atoms with Crippen LogP contribution in [0.1, 0.15) is 39.5 Å². The molecule has 10 heteroatoms. The van der Waals surface area contributed by atoms with Crippen LogP contribution in [0.25, 0.3) is 16.9 Å². The van der Waals surface area contributed by atoms with Gasteiger partial charge in [-0.1, -0.05) is 12.1 Å². The number of likely N-dealkylation sites (tertiary alicyclic amines) is 1. The molecule has 2 aromatic heterocycles. The summed E-state index contributed by atoms with van der Waals surface area (Å²) < 4.78 is 17.0. The third-order valence-electron chi connectivity index (χ3n) is 6.18. The van der Waals surface area contributed by atoms with Gasteiger partial charge >= 0.3 is 0 Å². The molecule has 2 fully saturated rings. The molecule has 162 valence electrons.